The molecule has 1 heterocycles. The number of rotatable bonds is 7. The Labute approximate surface area is 145 Å². The molecule has 0 spiro atoms. The van der Waals surface area contributed by atoms with E-state index in [0.29, 0.717) is 17.2 Å². The number of anilines is 1. The summed E-state index contributed by atoms with van der Waals surface area (Å²) < 4.78 is 12.4. The Kier molecular flexibility index (Phi) is 6.08. The molecule has 0 saturated carbocycles. The van der Waals surface area contributed by atoms with Gasteiger partial charge < -0.3 is 19.4 Å². The number of hydrogen-bond acceptors (Lipinski definition) is 6. The first-order valence-corrected chi connectivity index (χ1v) is 8.43. The van der Waals surface area contributed by atoms with E-state index in [0.717, 1.165) is 5.16 Å². The highest BCUT2D eigenvalue weighted by atomic mass is 32.2. The highest BCUT2D eigenvalue weighted by Crippen LogP contribution is 2.30. The van der Waals surface area contributed by atoms with E-state index in [1.807, 2.05) is 25.3 Å². The zero-order chi connectivity index (χ0) is 17.7. The molecule has 1 N–H and O–H groups in total. The van der Waals surface area contributed by atoms with E-state index < -0.39 is 0 Å². The van der Waals surface area contributed by atoms with Crippen molar-refractivity contribution >= 4 is 23.4 Å². The minimum Gasteiger partial charge on any atom is -0.493 e. The standard InChI is InChI=1S/C16H22N4O3S/c1-10(2)20-9-17-19-16(20)24-11(3)15(21)18-12-6-7-13(22-4)14(8-12)23-5/h6-11H,1-5H3,(H,18,21)/t11-/m0/s1. The molecular weight excluding hydrogens is 328 g/mol. The van der Waals surface area contributed by atoms with Crippen molar-refractivity contribution in [1.29, 1.82) is 0 Å². The summed E-state index contributed by atoms with van der Waals surface area (Å²) in [4.78, 5) is 12.4. The van der Waals surface area contributed by atoms with Crippen LogP contribution in [0.1, 0.15) is 26.8 Å². The van der Waals surface area contributed by atoms with Crippen LogP contribution in [-0.4, -0.2) is 40.1 Å². The van der Waals surface area contributed by atoms with Crippen LogP contribution in [0, 0.1) is 0 Å². The molecule has 1 atom stereocenters. The summed E-state index contributed by atoms with van der Waals surface area (Å²) >= 11 is 1.37. The fourth-order valence-electron chi connectivity index (χ4n) is 2.04. The number of amides is 1. The second kappa shape index (κ2) is 8.05. The Morgan fingerprint density at radius 2 is 1.92 bits per heavy atom. The summed E-state index contributed by atoms with van der Waals surface area (Å²) in [5, 5.41) is 11.3. The number of aromatic nitrogens is 3. The first-order valence-electron chi connectivity index (χ1n) is 7.55. The van der Waals surface area contributed by atoms with E-state index in [1.54, 1.807) is 38.7 Å². The third-order valence-electron chi connectivity index (χ3n) is 3.40. The summed E-state index contributed by atoms with van der Waals surface area (Å²) in [6.45, 7) is 5.92. The average Bonchev–Trinajstić information content (AvgIpc) is 3.02. The van der Waals surface area contributed by atoms with Crippen molar-refractivity contribution in [3.05, 3.63) is 24.5 Å². The number of methoxy groups -OCH3 is 2. The molecule has 2 aromatic rings. The van der Waals surface area contributed by atoms with Crippen molar-refractivity contribution in [2.24, 2.45) is 0 Å². The number of hydrogen-bond donors (Lipinski definition) is 1. The van der Waals surface area contributed by atoms with Gasteiger partial charge in [0.05, 0.1) is 19.5 Å². The van der Waals surface area contributed by atoms with Gasteiger partial charge in [-0.1, -0.05) is 11.8 Å². The number of carbonyl (C=O) groups excluding carboxylic acids is 1. The molecule has 0 bridgehead atoms. The van der Waals surface area contributed by atoms with Gasteiger partial charge in [0.2, 0.25) is 5.91 Å². The Bertz CT molecular complexity index is 702. The van der Waals surface area contributed by atoms with E-state index in [4.69, 9.17) is 9.47 Å². The molecule has 0 unspecified atom stereocenters. The lowest BCUT2D eigenvalue weighted by atomic mass is 10.2. The minimum absolute atomic E-state index is 0.120. The molecular formula is C16H22N4O3S. The second-order valence-electron chi connectivity index (χ2n) is 5.43. The van der Waals surface area contributed by atoms with Crippen LogP contribution in [0.5, 0.6) is 11.5 Å². The predicted molar refractivity (Wildman–Crippen MR) is 93.9 cm³/mol. The van der Waals surface area contributed by atoms with Crippen molar-refractivity contribution < 1.29 is 14.3 Å². The number of thioether (sulfide) groups is 1. The van der Waals surface area contributed by atoms with E-state index >= 15 is 0 Å². The van der Waals surface area contributed by atoms with Crippen LogP contribution in [0.4, 0.5) is 5.69 Å². The molecule has 24 heavy (non-hydrogen) atoms. The fraction of sp³-hybridized carbons (Fsp3) is 0.438. The minimum atomic E-state index is -0.320. The molecule has 0 aliphatic carbocycles. The summed E-state index contributed by atoms with van der Waals surface area (Å²) in [5.74, 6) is 1.06. The maximum absolute atomic E-state index is 12.4. The van der Waals surface area contributed by atoms with Gasteiger partial charge in [-0.05, 0) is 32.9 Å². The average molecular weight is 350 g/mol. The lowest BCUT2D eigenvalue weighted by molar-refractivity contribution is -0.115. The van der Waals surface area contributed by atoms with Gasteiger partial charge in [0, 0.05) is 17.8 Å². The van der Waals surface area contributed by atoms with Gasteiger partial charge in [-0.15, -0.1) is 10.2 Å². The van der Waals surface area contributed by atoms with Crippen molar-refractivity contribution in [3.63, 3.8) is 0 Å². The number of carbonyl (C=O) groups is 1. The van der Waals surface area contributed by atoms with E-state index in [-0.39, 0.29) is 17.2 Å². The predicted octanol–water partition coefficient (Wildman–Crippen LogP) is 3.00. The van der Waals surface area contributed by atoms with Crippen LogP contribution in [-0.2, 0) is 4.79 Å². The van der Waals surface area contributed by atoms with E-state index in [1.165, 1.54) is 11.8 Å². The van der Waals surface area contributed by atoms with Crippen molar-refractivity contribution in [2.75, 3.05) is 19.5 Å². The Balaban J connectivity index is 2.05. The second-order valence-corrected chi connectivity index (χ2v) is 6.74. The maximum Gasteiger partial charge on any atom is 0.237 e. The Morgan fingerprint density at radius 3 is 2.54 bits per heavy atom. The van der Waals surface area contributed by atoms with Crippen LogP contribution in [0.25, 0.3) is 0 Å². The molecule has 1 amide bonds. The molecule has 0 radical (unpaired) electrons. The third kappa shape index (κ3) is 4.19. The molecule has 8 heteroatoms. The van der Waals surface area contributed by atoms with Gasteiger partial charge in [0.1, 0.15) is 6.33 Å². The number of nitrogens with zero attached hydrogens (tertiary/aromatic N) is 3. The Hall–Kier alpha value is -2.22. The summed E-state index contributed by atoms with van der Waals surface area (Å²) in [7, 11) is 3.13. The van der Waals surface area contributed by atoms with E-state index in [9.17, 15) is 4.79 Å². The van der Waals surface area contributed by atoms with Crippen LogP contribution in [0.3, 0.4) is 0 Å². The number of ether oxygens (including phenoxy) is 2. The smallest absolute Gasteiger partial charge is 0.237 e. The van der Waals surface area contributed by atoms with Gasteiger partial charge in [-0.25, -0.2) is 0 Å². The van der Waals surface area contributed by atoms with Crippen molar-refractivity contribution in [2.45, 2.75) is 37.2 Å². The maximum atomic E-state index is 12.4. The molecule has 0 saturated heterocycles. The van der Waals surface area contributed by atoms with Crippen LogP contribution >= 0.6 is 11.8 Å². The zero-order valence-corrected chi connectivity index (χ0v) is 15.3. The zero-order valence-electron chi connectivity index (χ0n) is 14.4. The summed E-state index contributed by atoms with van der Waals surface area (Å²) in [6, 6.07) is 5.49. The third-order valence-corrected chi connectivity index (χ3v) is 4.47. The van der Waals surface area contributed by atoms with Crippen molar-refractivity contribution in [3.8, 4) is 11.5 Å². The SMILES string of the molecule is COc1ccc(NC(=O)[C@H](C)Sc2nncn2C(C)C)cc1OC. The van der Waals surface area contributed by atoms with Gasteiger partial charge in [0.25, 0.3) is 0 Å². The largest absolute Gasteiger partial charge is 0.493 e. The van der Waals surface area contributed by atoms with Gasteiger partial charge in [-0.3, -0.25) is 4.79 Å². The summed E-state index contributed by atoms with van der Waals surface area (Å²) in [5.41, 5.74) is 0.649. The molecule has 7 nitrogen and oxygen atoms in total. The number of benzene rings is 1. The normalized spacial score (nSPS) is 12.1. The van der Waals surface area contributed by atoms with Crippen molar-refractivity contribution in [1.82, 2.24) is 14.8 Å². The molecule has 1 aromatic heterocycles. The Morgan fingerprint density at radius 1 is 1.21 bits per heavy atom. The first kappa shape index (κ1) is 18.1. The van der Waals surface area contributed by atoms with Crippen LogP contribution in [0.2, 0.25) is 0 Å². The highest BCUT2D eigenvalue weighted by molar-refractivity contribution is 8.00. The van der Waals surface area contributed by atoms with Gasteiger partial charge in [-0.2, -0.15) is 0 Å². The van der Waals surface area contributed by atoms with E-state index in [2.05, 4.69) is 15.5 Å². The molecule has 2 rings (SSSR count). The molecule has 130 valence electrons. The van der Waals surface area contributed by atoms with Gasteiger partial charge in [0.15, 0.2) is 16.7 Å². The lowest BCUT2D eigenvalue weighted by Crippen LogP contribution is -2.23. The quantitative estimate of drug-likeness (QED) is 0.774. The molecule has 1 aromatic carbocycles. The first-order chi connectivity index (χ1) is 11.5. The topological polar surface area (TPSA) is 78.3 Å². The monoisotopic (exact) mass is 350 g/mol. The molecule has 0 aliphatic heterocycles. The lowest BCUT2D eigenvalue weighted by Gasteiger charge is -2.15. The molecule has 0 aliphatic rings. The van der Waals surface area contributed by atoms with Crippen LogP contribution in [0.15, 0.2) is 29.7 Å². The fourth-order valence-corrected chi connectivity index (χ4v) is 3.00. The molecule has 0 fully saturated rings. The highest BCUT2D eigenvalue weighted by Gasteiger charge is 2.19. The number of nitrogens with one attached hydrogen (secondary N) is 1. The summed E-state index contributed by atoms with van der Waals surface area (Å²) in [6.07, 6.45) is 1.67. The van der Waals surface area contributed by atoms with Crippen LogP contribution < -0.4 is 14.8 Å². The van der Waals surface area contributed by atoms with Gasteiger partial charge >= 0.3 is 0 Å².